The van der Waals surface area contributed by atoms with Crippen molar-refractivity contribution in [2.24, 2.45) is 35.0 Å². The number of hydrogen-bond donors (Lipinski definition) is 0. The Bertz CT molecular complexity index is 957. The van der Waals surface area contributed by atoms with Crippen molar-refractivity contribution >= 4 is 11.7 Å². The Kier molecular flexibility index (Phi) is 6.23. The molecule has 5 heteroatoms. The number of ketones is 1. The normalized spacial score (nSPS) is 46.7. The number of fused-ring (bicyclic) bond motifs is 6. The van der Waals surface area contributed by atoms with Gasteiger partial charge in [-0.15, -0.1) is 0 Å². The second-order valence-corrected chi connectivity index (χ2v) is 14.0. The van der Waals surface area contributed by atoms with Gasteiger partial charge in [-0.3, -0.25) is 14.5 Å². The van der Waals surface area contributed by atoms with Crippen molar-refractivity contribution < 1.29 is 14.3 Å². The molecule has 2 heterocycles. The fourth-order valence-corrected chi connectivity index (χ4v) is 10.2. The average Bonchev–Trinajstić information content (AvgIpc) is 3.30. The number of ether oxygens (including phenoxy) is 1. The van der Waals surface area contributed by atoms with E-state index in [4.69, 9.17) is 4.74 Å². The molecule has 36 heavy (non-hydrogen) atoms. The molecular formula is C31H48N2O3. The quantitative estimate of drug-likeness (QED) is 0.491. The molecule has 4 aliphatic carbocycles. The third-order valence-corrected chi connectivity index (χ3v) is 12.3. The van der Waals surface area contributed by atoms with Crippen molar-refractivity contribution in [3.63, 3.8) is 0 Å². The number of piperidine rings is 1. The van der Waals surface area contributed by atoms with Gasteiger partial charge in [0, 0.05) is 38.9 Å². The van der Waals surface area contributed by atoms with Crippen LogP contribution in [0.4, 0.5) is 0 Å². The van der Waals surface area contributed by atoms with Crippen molar-refractivity contribution in [2.75, 3.05) is 27.2 Å². The zero-order valence-electron chi connectivity index (χ0n) is 23.4. The molecule has 200 valence electrons. The Labute approximate surface area is 218 Å². The van der Waals surface area contributed by atoms with Gasteiger partial charge in [-0.1, -0.05) is 25.0 Å². The molecule has 9 unspecified atom stereocenters. The van der Waals surface area contributed by atoms with Gasteiger partial charge in [-0.05, 0) is 100 Å². The molecule has 0 bridgehead atoms. The van der Waals surface area contributed by atoms with Gasteiger partial charge in [0.15, 0.2) is 0 Å². The molecule has 5 fully saturated rings. The van der Waals surface area contributed by atoms with Crippen molar-refractivity contribution in [3.05, 3.63) is 11.1 Å². The number of likely N-dealkylation sites (tertiary alicyclic amines) is 1. The Balaban J connectivity index is 1.24. The summed E-state index contributed by atoms with van der Waals surface area (Å²) < 4.78 is 7.11. The van der Waals surface area contributed by atoms with Gasteiger partial charge in [0.1, 0.15) is 5.78 Å². The van der Waals surface area contributed by atoms with Crippen LogP contribution in [0.25, 0.3) is 0 Å². The molecule has 0 aromatic carbocycles. The zero-order chi connectivity index (χ0) is 25.4. The van der Waals surface area contributed by atoms with Crippen LogP contribution in [0.3, 0.4) is 0 Å². The van der Waals surface area contributed by atoms with Gasteiger partial charge in [0.25, 0.3) is 0 Å². The minimum absolute atomic E-state index is 0.0750. The SMILES string of the molecule is CC1=C2CC3C(CCC4CC(=O)CCC43C)C2CCC2(C1)OC1CCCN(CC(=O)N(C)C)C1C2C. The van der Waals surface area contributed by atoms with E-state index in [1.807, 2.05) is 14.1 Å². The summed E-state index contributed by atoms with van der Waals surface area (Å²) in [6.45, 7) is 8.92. The minimum atomic E-state index is -0.0750. The number of amides is 1. The maximum absolute atomic E-state index is 12.6. The fourth-order valence-electron chi connectivity index (χ4n) is 10.2. The number of carbonyl (C=O) groups is 2. The van der Waals surface area contributed by atoms with Crippen LogP contribution in [0.15, 0.2) is 11.1 Å². The fraction of sp³-hybridized carbons (Fsp3) is 0.871. The molecule has 0 aromatic heterocycles. The van der Waals surface area contributed by atoms with Gasteiger partial charge in [0.05, 0.1) is 18.2 Å². The lowest BCUT2D eigenvalue weighted by atomic mass is 9.52. The first kappa shape index (κ1) is 25.1. The van der Waals surface area contributed by atoms with Crippen molar-refractivity contribution in [2.45, 2.75) is 109 Å². The maximum Gasteiger partial charge on any atom is 0.236 e. The van der Waals surface area contributed by atoms with Crippen LogP contribution in [0.5, 0.6) is 0 Å². The Morgan fingerprint density at radius 2 is 1.94 bits per heavy atom. The molecule has 0 N–H and O–H groups in total. The molecule has 9 atom stereocenters. The Morgan fingerprint density at radius 1 is 1.14 bits per heavy atom. The molecule has 5 nitrogen and oxygen atoms in total. The highest BCUT2D eigenvalue weighted by Gasteiger charge is 2.60. The number of allylic oxidation sites excluding steroid dienone is 1. The summed E-state index contributed by atoms with van der Waals surface area (Å²) >= 11 is 0. The summed E-state index contributed by atoms with van der Waals surface area (Å²) in [4.78, 5) is 29.0. The standard InChI is InChI=1S/C31H48N2O3/c1-19-17-31(20(2)29-27(36-31)7-6-14-33(29)18-28(35)32(4)5)13-11-23-24-9-8-21-15-22(34)10-12-30(21,3)26(24)16-25(19)23/h20-21,23-24,26-27,29H,6-18H2,1-5H3. The molecule has 0 aromatic rings. The first-order chi connectivity index (χ1) is 17.1. The van der Waals surface area contributed by atoms with E-state index in [1.165, 1.54) is 25.7 Å². The second kappa shape index (κ2) is 8.93. The van der Waals surface area contributed by atoms with Gasteiger partial charge in [0.2, 0.25) is 5.91 Å². The smallest absolute Gasteiger partial charge is 0.236 e. The van der Waals surface area contributed by atoms with Crippen LogP contribution in [-0.2, 0) is 14.3 Å². The lowest BCUT2D eigenvalue weighted by molar-refractivity contribution is -0.132. The summed E-state index contributed by atoms with van der Waals surface area (Å²) in [7, 11) is 3.73. The van der Waals surface area contributed by atoms with Crippen LogP contribution in [0.1, 0.15) is 91.4 Å². The summed E-state index contributed by atoms with van der Waals surface area (Å²) in [5.41, 5.74) is 3.67. The number of hydrogen-bond acceptors (Lipinski definition) is 4. The van der Waals surface area contributed by atoms with Crippen molar-refractivity contribution in [1.82, 2.24) is 9.80 Å². The first-order valence-corrected chi connectivity index (χ1v) is 15.0. The predicted molar refractivity (Wildman–Crippen MR) is 141 cm³/mol. The lowest BCUT2D eigenvalue weighted by Crippen LogP contribution is -2.52. The van der Waals surface area contributed by atoms with Crippen molar-refractivity contribution in [1.29, 1.82) is 0 Å². The van der Waals surface area contributed by atoms with E-state index in [2.05, 4.69) is 25.7 Å². The van der Waals surface area contributed by atoms with Gasteiger partial charge >= 0.3 is 0 Å². The summed E-state index contributed by atoms with van der Waals surface area (Å²) in [5.74, 6) is 4.06. The molecule has 1 spiro atoms. The number of carbonyl (C=O) groups excluding carboxylic acids is 2. The van der Waals surface area contributed by atoms with Crippen LogP contribution < -0.4 is 0 Å². The van der Waals surface area contributed by atoms with Crippen LogP contribution in [0, 0.1) is 35.0 Å². The second-order valence-electron chi connectivity index (χ2n) is 14.0. The molecule has 2 saturated heterocycles. The van der Waals surface area contributed by atoms with Gasteiger partial charge < -0.3 is 9.64 Å². The summed E-state index contributed by atoms with van der Waals surface area (Å²) in [6, 6.07) is 0.361. The number of Topliss-reactive ketones (excluding diaryl/α,β-unsaturated/α-hetero) is 1. The van der Waals surface area contributed by atoms with E-state index in [0.29, 0.717) is 35.6 Å². The Hall–Kier alpha value is -1.20. The highest BCUT2D eigenvalue weighted by molar-refractivity contribution is 5.79. The van der Waals surface area contributed by atoms with Crippen LogP contribution in [0.2, 0.25) is 0 Å². The predicted octanol–water partition coefficient (Wildman–Crippen LogP) is 5.23. The third-order valence-electron chi connectivity index (χ3n) is 12.3. The molecule has 6 rings (SSSR count). The van der Waals surface area contributed by atoms with Gasteiger partial charge in [-0.2, -0.15) is 0 Å². The van der Waals surface area contributed by atoms with E-state index in [-0.39, 0.29) is 17.6 Å². The van der Waals surface area contributed by atoms with E-state index < -0.39 is 0 Å². The summed E-state index contributed by atoms with van der Waals surface area (Å²) in [5, 5.41) is 0. The molecule has 6 aliphatic rings. The van der Waals surface area contributed by atoms with Gasteiger partial charge in [-0.25, -0.2) is 0 Å². The van der Waals surface area contributed by atoms with Crippen LogP contribution >= 0.6 is 0 Å². The first-order valence-electron chi connectivity index (χ1n) is 15.0. The van der Waals surface area contributed by atoms with E-state index in [0.717, 1.165) is 69.2 Å². The Morgan fingerprint density at radius 3 is 2.72 bits per heavy atom. The molecule has 2 aliphatic heterocycles. The third kappa shape index (κ3) is 3.77. The largest absolute Gasteiger partial charge is 0.369 e. The monoisotopic (exact) mass is 496 g/mol. The highest BCUT2D eigenvalue weighted by atomic mass is 16.5. The highest BCUT2D eigenvalue weighted by Crippen LogP contribution is 2.65. The van der Waals surface area contributed by atoms with E-state index in [9.17, 15) is 9.59 Å². The molecule has 3 saturated carbocycles. The van der Waals surface area contributed by atoms with E-state index in [1.54, 1.807) is 16.0 Å². The summed E-state index contributed by atoms with van der Waals surface area (Å²) in [6.07, 6.45) is 12.6. The maximum atomic E-state index is 12.6. The van der Waals surface area contributed by atoms with Crippen LogP contribution in [-0.4, -0.2) is 66.4 Å². The molecular weight excluding hydrogens is 448 g/mol. The lowest BCUT2D eigenvalue weighted by Gasteiger charge is -2.52. The average molecular weight is 497 g/mol. The molecule has 1 amide bonds. The van der Waals surface area contributed by atoms with E-state index >= 15 is 0 Å². The molecule has 0 radical (unpaired) electrons. The minimum Gasteiger partial charge on any atom is -0.369 e. The van der Waals surface area contributed by atoms with Crippen molar-refractivity contribution in [3.8, 4) is 0 Å². The number of nitrogens with zero attached hydrogens (tertiary/aromatic N) is 2. The topological polar surface area (TPSA) is 49.9 Å². The number of likely N-dealkylation sites (N-methyl/N-ethyl adjacent to an activating group) is 1. The zero-order valence-corrected chi connectivity index (χ0v) is 23.4. The number of rotatable bonds is 2.